The van der Waals surface area contributed by atoms with E-state index in [2.05, 4.69) is 5.32 Å². The van der Waals surface area contributed by atoms with Crippen molar-refractivity contribution in [2.45, 2.75) is 38.8 Å². The van der Waals surface area contributed by atoms with Gasteiger partial charge in [-0.3, -0.25) is 0 Å². The van der Waals surface area contributed by atoms with E-state index < -0.39 is 0 Å². The van der Waals surface area contributed by atoms with Crippen LogP contribution in [0.2, 0.25) is 0 Å². The van der Waals surface area contributed by atoms with Crippen LogP contribution in [-0.4, -0.2) is 35.2 Å². The van der Waals surface area contributed by atoms with Crippen molar-refractivity contribution in [1.82, 2.24) is 10.2 Å². The van der Waals surface area contributed by atoms with Crippen LogP contribution in [0.15, 0.2) is 24.3 Å². The summed E-state index contributed by atoms with van der Waals surface area (Å²) in [5.74, 6) is 0. The number of nitrogens with zero attached hydrogens (tertiary/aromatic N) is 1. The molecule has 0 aliphatic heterocycles. The lowest BCUT2D eigenvalue weighted by Gasteiger charge is -2.25. The number of nitrogens with one attached hydrogen (secondary N) is 1. The van der Waals surface area contributed by atoms with Crippen LogP contribution in [0.5, 0.6) is 0 Å². The first kappa shape index (κ1) is 13.9. The third-order valence-corrected chi connectivity index (χ3v) is 3.58. The highest BCUT2D eigenvalue weighted by Gasteiger charge is 2.32. The van der Waals surface area contributed by atoms with Crippen LogP contribution in [0.3, 0.4) is 0 Å². The predicted molar refractivity (Wildman–Crippen MR) is 74.9 cm³/mol. The Balaban J connectivity index is 1.99. The number of benzene rings is 1. The maximum atomic E-state index is 12.2. The van der Waals surface area contributed by atoms with Gasteiger partial charge < -0.3 is 15.3 Å². The van der Waals surface area contributed by atoms with Gasteiger partial charge in [0.05, 0.1) is 12.6 Å². The van der Waals surface area contributed by atoms with Crippen molar-refractivity contribution in [3.8, 4) is 0 Å². The van der Waals surface area contributed by atoms with Crippen molar-refractivity contribution < 1.29 is 9.90 Å². The highest BCUT2D eigenvalue weighted by Crippen LogP contribution is 2.27. The fourth-order valence-corrected chi connectivity index (χ4v) is 2.36. The fourth-order valence-electron chi connectivity index (χ4n) is 2.36. The van der Waals surface area contributed by atoms with Gasteiger partial charge in [-0.25, -0.2) is 4.79 Å². The Morgan fingerprint density at radius 1 is 1.47 bits per heavy atom. The molecule has 1 aliphatic carbocycles. The van der Waals surface area contributed by atoms with E-state index in [1.54, 1.807) is 4.90 Å². The van der Waals surface area contributed by atoms with E-state index in [9.17, 15) is 4.79 Å². The minimum absolute atomic E-state index is 0.0165. The van der Waals surface area contributed by atoms with E-state index in [1.165, 1.54) is 5.56 Å². The smallest absolute Gasteiger partial charge is 0.318 e. The molecule has 1 saturated carbocycles. The summed E-state index contributed by atoms with van der Waals surface area (Å²) in [6.07, 6.45) is 2.10. The van der Waals surface area contributed by atoms with E-state index in [0.717, 1.165) is 18.4 Å². The highest BCUT2D eigenvalue weighted by atomic mass is 16.3. The second-order valence-electron chi connectivity index (χ2n) is 5.18. The van der Waals surface area contributed by atoms with Crippen LogP contribution < -0.4 is 5.32 Å². The summed E-state index contributed by atoms with van der Waals surface area (Å²) in [5, 5.41) is 12.1. The van der Waals surface area contributed by atoms with Crippen LogP contribution in [0.1, 0.15) is 36.9 Å². The lowest BCUT2D eigenvalue weighted by atomic mass is 10.0. The molecule has 19 heavy (non-hydrogen) atoms. The SMILES string of the molecule is Cc1ccccc1C(C)NC(=O)N(CCO)C1CC1. The third kappa shape index (κ3) is 3.47. The normalized spacial score (nSPS) is 15.9. The zero-order valence-corrected chi connectivity index (χ0v) is 11.6. The summed E-state index contributed by atoms with van der Waals surface area (Å²) in [6, 6.07) is 8.28. The number of hydrogen-bond donors (Lipinski definition) is 2. The number of urea groups is 1. The standard InChI is InChI=1S/C15H22N2O2/c1-11-5-3-4-6-14(11)12(2)16-15(19)17(9-10-18)13-7-8-13/h3-6,12-13,18H,7-10H2,1-2H3,(H,16,19). The molecule has 0 spiro atoms. The Bertz CT molecular complexity index is 444. The Morgan fingerprint density at radius 2 is 2.16 bits per heavy atom. The molecule has 2 amide bonds. The second kappa shape index (κ2) is 6.06. The van der Waals surface area contributed by atoms with E-state index in [4.69, 9.17) is 5.11 Å². The first-order chi connectivity index (χ1) is 9.13. The van der Waals surface area contributed by atoms with Gasteiger partial charge in [0.15, 0.2) is 0 Å². The zero-order valence-electron chi connectivity index (χ0n) is 11.6. The Morgan fingerprint density at radius 3 is 2.74 bits per heavy atom. The molecule has 1 fully saturated rings. The van der Waals surface area contributed by atoms with Gasteiger partial charge in [0.2, 0.25) is 0 Å². The summed E-state index contributed by atoms with van der Waals surface area (Å²) in [5.41, 5.74) is 2.31. The number of aryl methyl sites for hydroxylation is 1. The van der Waals surface area contributed by atoms with Crippen molar-refractivity contribution in [2.24, 2.45) is 0 Å². The number of aliphatic hydroxyl groups excluding tert-OH is 1. The monoisotopic (exact) mass is 262 g/mol. The minimum atomic E-state index is -0.0766. The molecule has 0 saturated heterocycles. The molecule has 1 aromatic carbocycles. The van der Waals surface area contributed by atoms with E-state index in [-0.39, 0.29) is 18.7 Å². The Labute approximate surface area is 114 Å². The zero-order chi connectivity index (χ0) is 13.8. The van der Waals surface area contributed by atoms with Crippen LogP contribution in [0.25, 0.3) is 0 Å². The molecule has 1 atom stereocenters. The third-order valence-electron chi connectivity index (χ3n) is 3.58. The van der Waals surface area contributed by atoms with Crippen molar-refractivity contribution in [1.29, 1.82) is 0 Å². The van der Waals surface area contributed by atoms with Gasteiger partial charge in [-0.15, -0.1) is 0 Å². The summed E-state index contributed by atoms with van der Waals surface area (Å²) in [6.45, 7) is 4.47. The summed E-state index contributed by atoms with van der Waals surface area (Å²) in [7, 11) is 0. The van der Waals surface area contributed by atoms with Crippen molar-refractivity contribution >= 4 is 6.03 Å². The maximum Gasteiger partial charge on any atom is 0.318 e. The predicted octanol–water partition coefficient (Wildman–Crippen LogP) is 2.22. The lowest BCUT2D eigenvalue weighted by Crippen LogP contribution is -2.43. The van der Waals surface area contributed by atoms with E-state index >= 15 is 0 Å². The van der Waals surface area contributed by atoms with Gasteiger partial charge in [-0.1, -0.05) is 24.3 Å². The molecule has 1 aromatic rings. The number of hydrogen-bond acceptors (Lipinski definition) is 2. The molecule has 4 nitrogen and oxygen atoms in total. The number of carbonyl (C=O) groups excluding carboxylic acids is 1. The number of amides is 2. The topological polar surface area (TPSA) is 52.6 Å². The lowest BCUT2D eigenvalue weighted by molar-refractivity contribution is 0.171. The number of rotatable bonds is 5. The van der Waals surface area contributed by atoms with Crippen LogP contribution >= 0.6 is 0 Å². The van der Waals surface area contributed by atoms with E-state index in [0.29, 0.717) is 12.6 Å². The van der Waals surface area contributed by atoms with Crippen molar-refractivity contribution in [3.05, 3.63) is 35.4 Å². The molecular formula is C15H22N2O2. The largest absolute Gasteiger partial charge is 0.395 e. The molecule has 4 heteroatoms. The Hall–Kier alpha value is -1.55. The fraction of sp³-hybridized carbons (Fsp3) is 0.533. The Kier molecular flexibility index (Phi) is 4.43. The van der Waals surface area contributed by atoms with Gasteiger partial charge in [0.25, 0.3) is 0 Å². The molecule has 0 heterocycles. The van der Waals surface area contributed by atoms with Crippen LogP contribution in [0, 0.1) is 6.92 Å². The van der Waals surface area contributed by atoms with Gasteiger partial charge >= 0.3 is 6.03 Å². The number of aliphatic hydroxyl groups is 1. The molecule has 0 radical (unpaired) electrons. The van der Waals surface area contributed by atoms with Crippen LogP contribution in [-0.2, 0) is 0 Å². The average molecular weight is 262 g/mol. The molecule has 2 rings (SSSR count). The van der Waals surface area contributed by atoms with Crippen molar-refractivity contribution in [3.63, 3.8) is 0 Å². The van der Waals surface area contributed by atoms with Gasteiger partial charge in [-0.05, 0) is 37.8 Å². The molecule has 1 unspecified atom stereocenters. The van der Waals surface area contributed by atoms with Crippen molar-refractivity contribution in [2.75, 3.05) is 13.2 Å². The first-order valence-electron chi connectivity index (χ1n) is 6.87. The minimum Gasteiger partial charge on any atom is -0.395 e. The molecule has 0 aromatic heterocycles. The summed E-state index contributed by atoms with van der Waals surface area (Å²) in [4.78, 5) is 14.0. The summed E-state index contributed by atoms with van der Waals surface area (Å²) >= 11 is 0. The molecule has 104 valence electrons. The molecule has 1 aliphatic rings. The van der Waals surface area contributed by atoms with Gasteiger partial charge in [0, 0.05) is 12.6 Å². The molecular weight excluding hydrogens is 240 g/mol. The van der Waals surface area contributed by atoms with E-state index in [1.807, 2.05) is 38.1 Å². The first-order valence-corrected chi connectivity index (χ1v) is 6.87. The maximum absolute atomic E-state index is 12.2. The average Bonchev–Trinajstić information content (AvgIpc) is 3.20. The van der Waals surface area contributed by atoms with Crippen LogP contribution in [0.4, 0.5) is 4.79 Å². The number of carbonyl (C=O) groups is 1. The second-order valence-corrected chi connectivity index (χ2v) is 5.18. The quantitative estimate of drug-likeness (QED) is 0.855. The molecule has 2 N–H and O–H groups in total. The molecule has 0 bridgehead atoms. The summed E-state index contributed by atoms with van der Waals surface area (Å²) < 4.78 is 0. The van der Waals surface area contributed by atoms with Gasteiger partial charge in [0.1, 0.15) is 0 Å². The van der Waals surface area contributed by atoms with Gasteiger partial charge in [-0.2, -0.15) is 0 Å². The highest BCUT2D eigenvalue weighted by molar-refractivity contribution is 5.75.